The van der Waals surface area contributed by atoms with Crippen LogP contribution in [-0.2, 0) is 0 Å². The van der Waals surface area contributed by atoms with E-state index < -0.39 is 0 Å². The van der Waals surface area contributed by atoms with Gasteiger partial charge in [0, 0.05) is 31.8 Å². The lowest BCUT2D eigenvalue weighted by atomic mass is 10.1. The van der Waals surface area contributed by atoms with E-state index in [1.807, 2.05) is 11.3 Å². The molecule has 2 heterocycles. The average Bonchev–Trinajstić information content (AvgIpc) is 2.69. The monoisotopic (exact) mass is 273 g/mol. The minimum Gasteiger partial charge on any atom is -0.311 e. The van der Waals surface area contributed by atoms with Crippen molar-refractivity contribution in [2.75, 3.05) is 18.6 Å². The summed E-state index contributed by atoms with van der Waals surface area (Å²) < 4.78 is 0. The number of nitrogens with one attached hydrogen (secondary N) is 1. The van der Waals surface area contributed by atoms with Crippen molar-refractivity contribution in [3.63, 3.8) is 0 Å². The molecule has 90 valence electrons. The van der Waals surface area contributed by atoms with Gasteiger partial charge in [0.15, 0.2) is 0 Å². The molecule has 0 saturated carbocycles. The highest BCUT2D eigenvalue weighted by molar-refractivity contribution is 8.07. The third-order valence-electron chi connectivity index (χ3n) is 2.94. The number of hydrogen-bond donors (Lipinski definition) is 1. The molecule has 3 unspecified atom stereocenters. The largest absolute Gasteiger partial charge is 0.311 e. The Bertz CT molecular complexity index is 337. The lowest BCUT2D eigenvalue weighted by molar-refractivity contribution is 0.569. The maximum atomic E-state index is 3.51. The van der Waals surface area contributed by atoms with Gasteiger partial charge in [-0.3, -0.25) is 0 Å². The normalized spacial score (nSPS) is 27.9. The molecule has 1 aromatic rings. The molecule has 1 saturated heterocycles. The van der Waals surface area contributed by atoms with Gasteiger partial charge in [0.1, 0.15) is 0 Å². The number of aryl methyl sites for hydroxylation is 1. The molecular weight excluding hydrogens is 254 g/mol. The van der Waals surface area contributed by atoms with Gasteiger partial charge >= 0.3 is 0 Å². The van der Waals surface area contributed by atoms with Crippen molar-refractivity contribution in [3.8, 4) is 0 Å². The van der Waals surface area contributed by atoms with Gasteiger partial charge in [-0.15, -0.1) is 11.3 Å². The first-order valence-corrected chi connectivity index (χ1v) is 8.60. The smallest absolute Gasteiger partial charge is 0.0543 e. The maximum absolute atomic E-state index is 3.51. The molecule has 1 nitrogen and oxygen atoms in total. The summed E-state index contributed by atoms with van der Waals surface area (Å²) in [5.41, 5.74) is 0. The van der Waals surface area contributed by atoms with Crippen molar-refractivity contribution in [2.45, 2.75) is 30.4 Å². The molecular formula is C12H19NS3. The first-order chi connectivity index (χ1) is 7.72. The molecule has 16 heavy (non-hydrogen) atoms. The summed E-state index contributed by atoms with van der Waals surface area (Å²) in [6.07, 6.45) is 0. The van der Waals surface area contributed by atoms with Gasteiger partial charge in [-0.25, -0.2) is 0 Å². The van der Waals surface area contributed by atoms with Crippen LogP contribution in [0.15, 0.2) is 12.1 Å². The Morgan fingerprint density at radius 2 is 2.06 bits per heavy atom. The summed E-state index contributed by atoms with van der Waals surface area (Å²) in [7, 11) is 2.09. The molecule has 0 amide bonds. The molecule has 0 spiro atoms. The molecule has 0 aliphatic carbocycles. The molecule has 4 heteroatoms. The second kappa shape index (κ2) is 5.80. The van der Waals surface area contributed by atoms with E-state index >= 15 is 0 Å². The van der Waals surface area contributed by atoms with Crippen LogP contribution in [-0.4, -0.2) is 29.1 Å². The van der Waals surface area contributed by atoms with Crippen molar-refractivity contribution < 1.29 is 0 Å². The van der Waals surface area contributed by atoms with Gasteiger partial charge in [-0.1, -0.05) is 6.92 Å². The topological polar surface area (TPSA) is 12.0 Å². The zero-order valence-electron chi connectivity index (χ0n) is 10.0. The lowest BCUT2D eigenvalue weighted by Crippen LogP contribution is -2.35. The van der Waals surface area contributed by atoms with Crippen LogP contribution < -0.4 is 5.32 Å². The summed E-state index contributed by atoms with van der Waals surface area (Å²) in [5.74, 6) is 2.60. The molecule has 0 aromatic carbocycles. The van der Waals surface area contributed by atoms with E-state index in [0.717, 1.165) is 5.25 Å². The van der Waals surface area contributed by atoms with Crippen LogP contribution in [0.2, 0.25) is 0 Å². The number of rotatable bonds is 3. The summed E-state index contributed by atoms with van der Waals surface area (Å²) in [5, 5.41) is 4.97. The summed E-state index contributed by atoms with van der Waals surface area (Å²) in [6.45, 7) is 4.55. The quantitative estimate of drug-likeness (QED) is 0.904. The van der Waals surface area contributed by atoms with E-state index in [2.05, 4.69) is 61.9 Å². The Hall–Kier alpha value is 0.360. The summed E-state index contributed by atoms with van der Waals surface area (Å²) >= 11 is 6.18. The standard InChI is InChI=1S/C12H19NS3/c1-8-4-5-10(16-8)11(13-3)12-9(2)14-6-7-15-12/h4-5,9,11-13H,6-7H2,1-3H3. The van der Waals surface area contributed by atoms with Crippen molar-refractivity contribution in [3.05, 3.63) is 21.9 Å². The molecule has 3 atom stereocenters. The zero-order chi connectivity index (χ0) is 11.5. The van der Waals surface area contributed by atoms with E-state index in [4.69, 9.17) is 0 Å². The fraction of sp³-hybridized carbons (Fsp3) is 0.667. The minimum atomic E-state index is 0.520. The molecule has 1 fully saturated rings. The Labute approximate surface area is 111 Å². The number of thioether (sulfide) groups is 2. The predicted molar refractivity (Wildman–Crippen MR) is 79.0 cm³/mol. The molecule has 1 aliphatic heterocycles. The highest BCUT2D eigenvalue weighted by Gasteiger charge is 2.31. The Balaban J connectivity index is 2.14. The van der Waals surface area contributed by atoms with Crippen molar-refractivity contribution in [1.82, 2.24) is 5.32 Å². The van der Waals surface area contributed by atoms with Crippen LogP contribution in [0, 0.1) is 6.92 Å². The third kappa shape index (κ3) is 2.78. The molecule has 1 N–H and O–H groups in total. The van der Waals surface area contributed by atoms with Crippen LogP contribution in [0.5, 0.6) is 0 Å². The zero-order valence-corrected chi connectivity index (χ0v) is 12.5. The van der Waals surface area contributed by atoms with Crippen LogP contribution in [0.3, 0.4) is 0 Å². The van der Waals surface area contributed by atoms with E-state index in [9.17, 15) is 0 Å². The van der Waals surface area contributed by atoms with E-state index in [1.54, 1.807) is 0 Å². The van der Waals surface area contributed by atoms with Crippen molar-refractivity contribution in [2.24, 2.45) is 0 Å². The maximum Gasteiger partial charge on any atom is 0.0543 e. The minimum absolute atomic E-state index is 0.520. The number of hydrogen-bond acceptors (Lipinski definition) is 4. The highest BCUT2D eigenvalue weighted by Crippen LogP contribution is 2.40. The SMILES string of the molecule is CNC(c1ccc(C)s1)C1SCCSC1C. The highest BCUT2D eigenvalue weighted by atomic mass is 32.2. The summed E-state index contributed by atoms with van der Waals surface area (Å²) in [6, 6.07) is 5.04. The van der Waals surface area contributed by atoms with Gasteiger partial charge in [-0.2, -0.15) is 23.5 Å². The first-order valence-electron chi connectivity index (χ1n) is 5.69. The fourth-order valence-corrected chi connectivity index (χ4v) is 6.20. The molecule has 1 aliphatic rings. The van der Waals surface area contributed by atoms with Gasteiger partial charge in [0.2, 0.25) is 0 Å². The molecule has 2 rings (SSSR count). The third-order valence-corrected chi connectivity index (χ3v) is 7.22. The second-order valence-corrected chi connectivity index (χ2v) is 8.22. The predicted octanol–water partition coefficient (Wildman–Crippen LogP) is 3.55. The summed E-state index contributed by atoms with van der Waals surface area (Å²) in [4.78, 5) is 2.91. The first kappa shape index (κ1) is 12.8. The Morgan fingerprint density at radius 3 is 2.62 bits per heavy atom. The van der Waals surface area contributed by atoms with Crippen molar-refractivity contribution >= 4 is 34.9 Å². The van der Waals surface area contributed by atoms with Gasteiger partial charge in [-0.05, 0) is 26.1 Å². The number of thiophene rings is 1. The van der Waals surface area contributed by atoms with Crippen LogP contribution in [0.4, 0.5) is 0 Å². The second-order valence-electron chi connectivity index (χ2n) is 4.13. The van der Waals surface area contributed by atoms with Gasteiger partial charge in [0.25, 0.3) is 0 Å². The van der Waals surface area contributed by atoms with Crippen LogP contribution in [0.1, 0.15) is 22.7 Å². The molecule has 0 radical (unpaired) electrons. The van der Waals surface area contributed by atoms with E-state index in [-0.39, 0.29) is 0 Å². The van der Waals surface area contributed by atoms with E-state index in [0.29, 0.717) is 11.3 Å². The van der Waals surface area contributed by atoms with Crippen molar-refractivity contribution in [1.29, 1.82) is 0 Å². The Morgan fingerprint density at radius 1 is 1.31 bits per heavy atom. The Kier molecular flexibility index (Phi) is 4.65. The van der Waals surface area contributed by atoms with Crippen LogP contribution in [0.25, 0.3) is 0 Å². The lowest BCUT2D eigenvalue weighted by Gasteiger charge is -2.33. The van der Waals surface area contributed by atoms with Gasteiger partial charge < -0.3 is 5.32 Å². The van der Waals surface area contributed by atoms with Crippen LogP contribution >= 0.6 is 34.9 Å². The molecule has 1 aromatic heterocycles. The fourth-order valence-electron chi connectivity index (χ4n) is 2.10. The van der Waals surface area contributed by atoms with E-state index in [1.165, 1.54) is 21.3 Å². The van der Waals surface area contributed by atoms with Gasteiger partial charge in [0.05, 0.1) is 6.04 Å². The average molecular weight is 273 g/mol. The molecule has 0 bridgehead atoms.